The highest BCUT2D eigenvalue weighted by Crippen LogP contribution is 2.37. The largest absolute Gasteiger partial charge is 0.348 e. The Morgan fingerprint density at radius 1 is 0.393 bits per heavy atom. The van der Waals surface area contributed by atoms with Crippen LogP contribution >= 0.6 is 0 Å². The topological polar surface area (TPSA) is 252 Å². The molecule has 3 saturated heterocycles. The maximum Gasteiger partial charge on any atom is 0.275 e. The van der Waals surface area contributed by atoms with Crippen LogP contribution in [0.5, 0.6) is 0 Å². The summed E-state index contributed by atoms with van der Waals surface area (Å²) in [5.41, 5.74) is 15.4. The fourth-order valence-corrected chi connectivity index (χ4v) is 15.4. The first kappa shape index (κ1) is 80.3. The Morgan fingerprint density at radius 2 is 0.670 bits per heavy atom. The Labute approximate surface area is 650 Å². The summed E-state index contributed by atoms with van der Waals surface area (Å²) in [7, 11) is 8.20. The number of sulfone groups is 1. The molecule has 0 aliphatic carbocycles. The molecule has 6 aromatic carbocycles. The van der Waals surface area contributed by atoms with E-state index in [1.807, 2.05) is 126 Å². The third kappa shape index (κ3) is 18.7. The summed E-state index contributed by atoms with van der Waals surface area (Å²) in [5, 5.41) is 6.43. The van der Waals surface area contributed by atoms with E-state index in [2.05, 4.69) is 97.5 Å². The number of nitrogens with two attached hydrogens (primary N) is 1. The van der Waals surface area contributed by atoms with E-state index >= 15 is 0 Å². The van der Waals surface area contributed by atoms with E-state index in [1.54, 1.807) is 71.3 Å². The number of halogens is 3. The second-order valence-corrected chi connectivity index (χ2v) is 31.0. The van der Waals surface area contributed by atoms with E-state index in [1.165, 1.54) is 48.2 Å². The van der Waals surface area contributed by atoms with Crippen molar-refractivity contribution in [1.82, 2.24) is 72.7 Å². The van der Waals surface area contributed by atoms with Crippen molar-refractivity contribution in [2.24, 2.45) is 26.9 Å². The molecule has 0 saturated carbocycles. The molecule has 23 nitrogen and oxygen atoms in total. The Morgan fingerprint density at radius 3 is 0.946 bits per heavy atom. The van der Waals surface area contributed by atoms with E-state index in [-0.39, 0.29) is 69.7 Å². The number of hydrogen-bond donors (Lipinski definition) is 3. The molecule has 0 bridgehead atoms. The van der Waals surface area contributed by atoms with Crippen molar-refractivity contribution >= 4 is 21.7 Å². The van der Waals surface area contributed by atoms with Gasteiger partial charge >= 0.3 is 0 Å². The fourth-order valence-electron chi connectivity index (χ4n) is 14.9. The molecular weight excluding hydrogens is 1440 g/mol. The standard InChI is InChI=1S/2C28H31FN6O.C21H24FN5O3S.C8H11N/c2*1-19(20-7-5-4-6-8-20)31-28-30-16-13-24(32-28)26-25(21-9-11-22(29)12-10-21)27(36)35(34(26)3)23-14-17-33(2)18-15-23;1-25-12-9-16(10-13-25)27-20(28)18(14-4-6-15(22)7-5-14)19(26(27)2)17-8-11-23-21(24-17)31(3,29)30;1-7(9)8-5-3-2-4-6-8/h2*4-13,16,19,23H,14-15,17-18H2,1-3H3,(H,30,31,32);4-8,11,16H,9-10,12-13H2,1-3H3;2-7H,9H2,1H3/t2*19-;;7-/m00.0/s1. The molecule has 9 heterocycles. The van der Waals surface area contributed by atoms with E-state index in [4.69, 9.17) is 15.7 Å². The first-order chi connectivity index (χ1) is 53.8. The number of anilines is 2. The van der Waals surface area contributed by atoms with Gasteiger partial charge in [0.05, 0.1) is 81.1 Å². The van der Waals surface area contributed by atoms with Gasteiger partial charge in [0, 0.05) is 52.0 Å². The van der Waals surface area contributed by atoms with Crippen molar-refractivity contribution in [3.63, 3.8) is 0 Å². The fraction of sp³-hybridized carbons (Fsp3) is 0.329. The van der Waals surface area contributed by atoms with Gasteiger partial charge in [-0.25, -0.2) is 65.5 Å². The second kappa shape index (κ2) is 35.9. The molecular formula is C85H97F3N18O5S. The molecule has 15 rings (SSSR count). The maximum absolute atomic E-state index is 13.9. The van der Waals surface area contributed by atoms with Gasteiger partial charge in [0.15, 0.2) is 0 Å². The molecule has 0 radical (unpaired) electrons. The molecule has 3 atom stereocenters. The van der Waals surface area contributed by atoms with Crippen molar-refractivity contribution in [1.29, 1.82) is 0 Å². The smallest absolute Gasteiger partial charge is 0.275 e. The Hall–Kier alpha value is -11.2. The van der Waals surface area contributed by atoms with Gasteiger partial charge in [-0.05, 0) is 208 Å². The second-order valence-electron chi connectivity index (χ2n) is 29.1. The zero-order chi connectivity index (χ0) is 79.5. The van der Waals surface area contributed by atoms with Crippen LogP contribution in [0.4, 0.5) is 25.1 Å². The molecule has 12 aromatic rings. The molecule has 4 N–H and O–H groups in total. The van der Waals surface area contributed by atoms with Gasteiger partial charge in [0.25, 0.3) is 16.7 Å². The molecule has 0 spiro atoms. The van der Waals surface area contributed by atoms with Gasteiger partial charge in [-0.15, -0.1) is 0 Å². The van der Waals surface area contributed by atoms with Gasteiger partial charge in [-0.2, -0.15) is 0 Å². The lowest BCUT2D eigenvalue weighted by atomic mass is 10.0. The van der Waals surface area contributed by atoms with Crippen LogP contribution in [-0.2, 0) is 31.0 Å². The Balaban J connectivity index is 0.000000148. The van der Waals surface area contributed by atoms with Crippen LogP contribution in [0.1, 0.15) is 112 Å². The van der Waals surface area contributed by atoms with Crippen molar-refractivity contribution in [2.75, 3.05) is 77.3 Å². The van der Waals surface area contributed by atoms with Crippen LogP contribution in [0.3, 0.4) is 0 Å². The summed E-state index contributed by atoms with van der Waals surface area (Å²) in [6.07, 6.45) is 11.0. The monoisotopic (exact) mass is 1540 g/mol. The summed E-state index contributed by atoms with van der Waals surface area (Å²) in [6, 6.07) is 53.7. The molecule has 3 aliphatic rings. The predicted molar refractivity (Wildman–Crippen MR) is 435 cm³/mol. The number of aromatic nitrogens is 12. The molecule has 0 unspecified atom stereocenters. The van der Waals surface area contributed by atoms with Crippen LogP contribution < -0.4 is 33.0 Å². The number of likely N-dealkylation sites (tertiary alicyclic amines) is 3. The van der Waals surface area contributed by atoms with Crippen LogP contribution in [0.15, 0.2) is 220 Å². The van der Waals surface area contributed by atoms with Gasteiger partial charge in [-0.3, -0.25) is 28.4 Å². The van der Waals surface area contributed by atoms with Crippen LogP contribution in [0.25, 0.3) is 67.5 Å². The predicted octanol–water partition coefficient (Wildman–Crippen LogP) is 13.6. The summed E-state index contributed by atoms with van der Waals surface area (Å²) in [5.74, 6) is -0.120. The van der Waals surface area contributed by atoms with Crippen molar-refractivity contribution in [3.05, 3.63) is 266 Å². The summed E-state index contributed by atoms with van der Waals surface area (Å²) in [4.78, 5) is 74.7. The molecule has 0 amide bonds. The minimum atomic E-state index is -3.63. The van der Waals surface area contributed by atoms with Crippen molar-refractivity contribution in [2.45, 2.75) is 101 Å². The maximum atomic E-state index is 13.9. The molecule has 3 fully saturated rings. The van der Waals surface area contributed by atoms with E-state index in [0.29, 0.717) is 79.4 Å². The Kier molecular flexibility index (Phi) is 25.7. The molecule has 3 aliphatic heterocycles. The first-order valence-electron chi connectivity index (χ1n) is 37.7. The van der Waals surface area contributed by atoms with Crippen LogP contribution in [0.2, 0.25) is 0 Å². The van der Waals surface area contributed by atoms with Crippen LogP contribution in [0, 0.1) is 17.5 Å². The van der Waals surface area contributed by atoms with Gasteiger partial charge in [0.1, 0.15) is 17.5 Å². The van der Waals surface area contributed by atoms with Gasteiger partial charge in [-0.1, -0.05) is 127 Å². The first-order valence-corrected chi connectivity index (χ1v) is 39.6. The SMILES string of the molecule is CN1CCC(n2c(=O)c(-c3ccc(F)cc3)c(-c3ccnc(S(C)(=O)=O)n3)n2C)CC1.C[C@H](N)c1ccccc1.C[C@H](Nc1nccc(-c2c(-c3ccc(F)cc3)c(=O)n(C3CCN(C)CC3)n2C)n1)c1ccccc1.C[C@H](Nc1nccc(-c2c(-c3ccc(F)cc3)c(=O)n(C3CCN(C)CC3)n2C)n1)c1ccccc1. The summed E-state index contributed by atoms with van der Waals surface area (Å²) in [6.45, 7) is 11.6. The normalized spacial score (nSPS) is 15.6. The third-order valence-electron chi connectivity index (χ3n) is 21.0. The highest BCUT2D eigenvalue weighted by atomic mass is 32.2. The quantitative estimate of drug-likeness (QED) is 0.0716. The lowest BCUT2D eigenvalue weighted by Crippen LogP contribution is -2.36. The van der Waals surface area contributed by atoms with E-state index in [0.717, 1.165) is 95.2 Å². The van der Waals surface area contributed by atoms with Crippen LogP contribution in [-0.4, -0.2) is 148 Å². The van der Waals surface area contributed by atoms with E-state index < -0.39 is 15.7 Å². The number of rotatable bonds is 17. The lowest BCUT2D eigenvalue weighted by molar-refractivity contribution is 0.200. The molecule has 112 heavy (non-hydrogen) atoms. The third-order valence-corrected chi connectivity index (χ3v) is 21.9. The highest BCUT2D eigenvalue weighted by Gasteiger charge is 2.33. The molecule has 584 valence electrons. The average Bonchev–Trinajstić information content (AvgIpc) is 1.61. The summed E-state index contributed by atoms with van der Waals surface area (Å²) >= 11 is 0. The minimum Gasteiger partial charge on any atom is -0.348 e. The average molecular weight is 1540 g/mol. The molecule has 27 heteroatoms. The lowest BCUT2D eigenvalue weighted by Gasteiger charge is -2.30. The number of hydrogen-bond acceptors (Lipinski definition) is 17. The number of benzene rings is 6. The zero-order valence-electron chi connectivity index (χ0n) is 64.9. The number of nitrogens with one attached hydrogen (secondary N) is 2. The molecule has 6 aromatic heterocycles. The van der Waals surface area contributed by atoms with Gasteiger partial charge in [0.2, 0.25) is 26.9 Å². The van der Waals surface area contributed by atoms with Gasteiger partial charge < -0.3 is 31.1 Å². The summed E-state index contributed by atoms with van der Waals surface area (Å²) < 4.78 is 76.0. The minimum absolute atomic E-state index is 0.00198. The van der Waals surface area contributed by atoms with E-state index in [9.17, 15) is 36.0 Å². The number of nitrogens with zero attached hydrogens (tertiary/aromatic N) is 15. The Bertz CT molecular complexity index is 5240. The van der Waals surface area contributed by atoms with Crippen molar-refractivity contribution < 1.29 is 21.6 Å². The highest BCUT2D eigenvalue weighted by molar-refractivity contribution is 7.90. The number of piperidine rings is 3. The zero-order valence-corrected chi connectivity index (χ0v) is 65.7. The van der Waals surface area contributed by atoms with Crippen molar-refractivity contribution in [3.8, 4) is 67.5 Å².